The summed E-state index contributed by atoms with van der Waals surface area (Å²) in [4.78, 5) is 2.93. The molecule has 4 rings (SSSR count). The van der Waals surface area contributed by atoms with E-state index < -0.39 is 15.6 Å². The van der Waals surface area contributed by atoms with Crippen molar-refractivity contribution in [2.24, 2.45) is 0 Å². The summed E-state index contributed by atoms with van der Waals surface area (Å²) in [5.74, 6) is 0. The summed E-state index contributed by atoms with van der Waals surface area (Å²) in [6.45, 7) is 2.21. The fraction of sp³-hybridized carbons (Fsp3) is 0.294. The molecule has 9 nitrogen and oxygen atoms in total. The number of aromatic amines is 1. The first-order valence-electron chi connectivity index (χ1n) is 8.17. The molecule has 0 aliphatic carbocycles. The fourth-order valence-electron chi connectivity index (χ4n) is 3.14. The second-order valence-corrected chi connectivity index (χ2v) is 8.28. The molecule has 2 aromatic heterocycles. The SMILES string of the molecule is Cc1ccc(NS(=O)(=O)c2cnn(C3(CO)COC3)c2)c2[nH]cc(C#N)c12. The monoisotopic (exact) mass is 387 g/mol. The second-order valence-electron chi connectivity index (χ2n) is 6.60. The first-order valence-corrected chi connectivity index (χ1v) is 9.66. The largest absolute Gasteiger partial charge is 0.394 e. The molecule has 140 valence electrons. The predicted molar refractivity (Wildman–Crippen MR) is 96.7 cm³/mol. The number of aromatic nitrogens is 3. The number of hydrogen-bond donors (Lipinski definition) is 3. The van der Waals surface area contributed by atoms with E-state index in [0.29, 0.717) is 22.2 Å². The van der Waals surface area contributed by atoms with Crippen molar-refractivity contribution in [3.8, 4) is 6.07 Å². The Kier molecular flexibility index (Phi) is 3.96. The maximum absolute atomic E-state index is 12.8. The zero-order valence-electron chi connectivity index (χ0n) is 14.4. The Morgan fingerprint density at radius 3 is 2.89 bits per heavy atom. The molecule has 3 aromatic rings. The molecule has 1 saturated heterocycles. The minimum absolute atomic E-state index is 0.0250. The van der Waals surface area contributed by atoms with Gasteiger partial charge in [0.15, 0.2) is 0 Å². The quantitative estimate of drug-likeness (QED) is 0.600. The predicted octanol–water partition coefficient (Wildman–Crippen LogP) is 1.06. The van der Waals surface area contributed by atoms with Gasteiger partial charge in [-0.05, 0) is 18.6 Å². The number of hydrogen-bond acceptors (Lipinski definition) is 6. The van der Waals surface area contributed by atoms with E-state index in [1.807, 2.05) is 6.92 Å². The summed E-state index contributed by atoms with van der Waals surface area (Å²) in [6, 6.07) is 5.49. The Morgan fingerprint density at radius 1 is 1.48 bits per heavy atom. The van der Waals surface area contributed by atoms with Gasteiger partial charge in [0.25, 0.3) is 10.0 Å². The second kappa shape index (κ2) is 6.09. The van der Waals surface area contributed by atoms with E-state index in [0.717, 1.165) is 5.56 Å². The van der Waals surface area contributed by atoms with Crippen LogP contribution in [0.4, 0.5) is 5.69 Å². The highest BCUT2D eigenvalue weighted by atomic mass is 32.2. The number of nitriles is 1. The van der Waals surface area contributed by atoms with Gasteiger partial charge in [0.05, 0.1) is 42.8 Å². The highest BCUT2D eigenvalue weighted by molar-refractivity contribution is 7.92. The maximum Gasteiger partial charge on any atom is 0.265 e. The van der Waals surface area contributed by atoms with Crippen molar-refractivity contribution in [3.63, 3.8) is 0 Å². The normalized spacial score (nSPS) is 16.0. The molecule has 0 spiro atoms. The highest BCUT2D eigenvalue weighted by Gasteiger charge is 2.41. The Morgan fingerprint density at radius 2 is 2.26 bits per heavy atom. The van der Waals surface area contributed by atoms with Crippen LogP contribution in [0, 0.1) is 18.3 Å². The van der Waals surface area contributed by atoms with Crippen LogP contribution in [0.3, 0.4) is 0 Å². The molecular formula is C17H17N5O4S. The molecule has 1 aliphatic heterocycles. The van der Waals surface area contributed by atoms with Crippen molar-refractivity contribution >= 4 is 26.6 Å². The minimum atomic E-state index is -3.91. The van der Waals surface area contributed by atoms with Gasteiger partial charge in [0.2, 0.25) is 0 Å². The van der Waals surface area contributed by atoms with Gasteiger partial charge in [-0.1, -0.05) is 6.07 Å². The van der Waals surface area contributed by atoms with Crippen LogP contribution < -0.4 is 4.72 Å². The molecule has 3 heterocycles. The molecule has 1 aromatic carbocycles. The first kappa shape index (κ1) is 17.5. The molecular weight excluding hydrogens is 370 g/mol. The van der Waals surface area contributed by atoms with Crippen LogP contribution in [-0.4, -0.2) is 48.1 Å². The lowest BCUT2D eigenvalue weighted by molar-refractivity contribution is -0.130. The Labute approximate surface area is 155 Å². The van der Waals surface area contributed by atoms with Gasteiger partial charge in [-0.15, -0.1) is 0 Å². The van der Waals surface area contributed by atoms with E-state index in [4.69, 9.17) is 4.74 Å². The number of nitrogens with zero attached hydrogens (tertiary/aromatic N) is 3. The van der Waals surface area contributed by atoms with Crippen LogP contribution in [0.2, 0.25) is 0 Å². The number of rotatable bonds is 5. The lowest BCUT2D eigenvalue weighted by Gasteiger charge is -2.39. The zero-order chi connectivity index (χ0) is 19.2. The number of aliphatic hydroxyl groups excluding tert-OH is 1. The maximum atomic E-state index is 12.8. The number of anilines is 1. The number of sulfonamides is 1. The molecule has 0 amide bonds. The molecule has 27 heavy (non-hydrogen) atoms. The van der Waals surface area contributed by atoms with E-state index in [9.17, 15) is 18.8 Å². The highest BCUT2D eigenvalue weighted by Crippen LogP contribution is 2.31. The zero-order valence-corrected chi connectivity index (χ0v) is 15.2. The average Bonchev–Trinajstić information content (AvgIpc) is 3.25. The lowest BCUT2D eigenvalue weighted by Crippen LogP contribution is -2.54. The topological polar surface area (TPSA) is 133 Å². The summed E-state index contributed by atoms with van der Waals surface area (Å²) in [5.41, 5.74) is 1.49. The van der Waals surface area contributed by atoms with Crippen LogP contribution in [0.1, 0.15) is 11.1 Å². The molecule has 0 unspecified atom stereocenters. The van der Waals surface area contributed by atoms with Crippen LogP contribution in [0.15, 0.2) is 35.6 Å². The van der Waals surface area contributed by atoms with Crippen molar-refractivity contribution < 1.29 is 18.3 Å². The van der Waals surface area contributed by atoms with Gasteiger partial charge < -0.3 is 14.8 Å². The number of ether oxygens (including phenoxy) is 1. The number of H-pyrrole nitrogens is 1. The summed E-state index contributed by atoms with van der Waals surface area (Å²) in [7, 11) is -3.91. The molecule has 0 radical (unpaired) electrons. The van der Waals surface area contributed by atoms with Crippen molar-refractivity contribution in [3.05, 3.63) is 41.9 Å². The van der Waals surface area contributed by atoms with E-state index in [1.54, 1.807) is 18.3 Å². The minimum Gasteiger partial charge on any atom is -0.394 e. The molecule has 0 bridgehead atoms. The average molecular weight is 387 g/mol. The van der Waals surface area contributed by atoms with Crippen molar-refractivity contribution in [2.75, 3.05) is 24.5 Å². The number of fused-ring (bicyclic) bond motifs is 1. The fourth-order valence-corrected chi connectivity index (χ4v) is 4.14. The van der Waals surface area contributed by atoms with Gasteiger partial charge in [-0.25, -0.2) is 8.42 Å². The van der Waals surface area contributed by atoms with Crippen molar-refractivity contribution in [1.82, 2.24) is 14.8 Å². The first-order chi connectivity index (χ1) is 12.9. The molecule has 1 fully saturated rings. The van der Waals surface area contributed by atoms with E-state index in [1.165, 1.54) is 17.1 Å². The smallest absolute Gasteiger partial charge is 0.265 e. The Balaban J connectivity index is 1.70. The summed E-state index contributed by atoms with van der Waals surface area (Å²) >= 11 is 0. The standard InChI is InChI=1S/C17H17N5O4S/c1-11-2-3-14(16-15(11)12(4-18)5-19-16)21-27(24,25)13-6-20-22(7-13)17(8-23)9-26-10-17/h2-3,5-7,19,21,23H,8-10H2,1H3. The van der Waals surface area contributed by atoms with E-state index >= 15 is 0 Å². The van der Waals surface area contributed by atoms with Gasteiger partial charge in [0.1, 0.15) is 16.5 Å². The van der Waals surface area contributed by atoms with Gasteiger partial charge in [0, 0.05) is 17.8 Å². The van der Waals surface area contributed by atoms with Crippen LogP contribution in [0.5, 0.6) is 0 Å². The van der Waals surface area contributed by atoms with Crippen LogP contribution in [0.25, 0.3) is 10.9 Å². The van der Waals surface area contributed by atoms with E-state index in [2.05, 4.69) is 20.9 Å². The summed E-state index contributed by atoms with van der Waals surface area (Å²) in [5, 5.41) is 23.6. The van der Waals surface area contributed by atoms with E-state index in [-0.39, 0.29) is 24.7 Å². The molecule has 3 N–H and O–H groups in total. The molecule has 1 aliphatic rings. The van der Waals surface area contributed by atoms with Crippen LogP contribution in [-0.2, 0) is 20.3 Å². The number of aliphatic hydroxyl groups is 1. The third-order valence-electron chi connectivity index (χ3n) is 4.80. The van der Waals surface area contributed by atoms with Crippen LogP contribution >= 0.6 is 0 Å². The third kappa shape index (κ3) is 2.68. The number of benzene rings is 1. The molecule has 10 heteroatoms. The van der Waals surface area contributed by atoms with Gasteiger partial charge >= 0.3 is 0 Å². The third-order valence-corrected chi connectivity index (χ3v) is 6.12. The molecule has 0 saturated carbocycles. The Hall–Kier alpha value is -2.87. The Bertz CT molecular complexity index is 1160. The molecule has 0 atom stereocenters. The van der Waals surface area contributed by atoms with Crippen molar-refractivity contribution in [2.45, 2.75) is 17.4 Å². The lowest BCUT2D eigenvalue weighted by atomic mass is 9.99. The number of nitrogens with one attached hydrogen (secondary N) is 2. The van der Waals surface area contributed by atoms with Gasteiger partial charge in [-0.2, -0.15) is 10.4 Å². The summed E-state index contributed by atoms with van der Waals surface area (Å²) in [6.07, 6.45) is 4.16. The number of aryl methyl sites for hydroxylation is 1. The van der Waals surface area contributed by atoms with Crippen molar-refractivity contribution in [1.29, 1.82) is 5.26 Å². The van der Waals surface area contributed by atoms with Gasteiger partial charge in [-0.3, -0.25) is 9.40 Å². The summed E-state index contributed by atoms with van der Waals surface area (Å²) < 4.78 is 34.7.